The summed E-state index contributed by atoms with van der Waals surface area (Å²) in [6, 6.07) is 7.19. The standard InChI is InChI=1S/C13H17N3O2S.ClH/c14-9-10-5-3-4-8-16(10)13-11-6-1-2-7-12(11)19(17,18)15-13;/h1-2,6-7,10H,3-5,8-9,14H2;1H. The molecule has 2 aliphatic rings. The molecule has 0 aliphatic carbocycles. The van der Waals surface area contributed by atoms with Crippen LogP contribution in [0.15, 0.2) is 33.6 Å². The lowest BCUT2D eigenvalue weighted by atomic mass is 10.0. The summed E-state index contributed by atoms with van der Waals surface area (Å²) in [7, 11) is -3.53. The lowest BCUT2D eigenvalue weighted by Crippen LogP contribution is -2.47. The molecule has 2 heterocycles. The number of benzene rings is 1. The Labute approximate surface area is 125 Å². The molecule has 20 heavy (non-hydrogen) atoms. The van der Waals surface area contributed by atoms with E-state index in [9.17, 15) is 8.42 Å². The van der Waals surface area contributed by atoms with Gasteiger partial charge in [0.15, 0.2) is 5.84 Å². The smallest absolute Gasteiger partial charge is 0.285 e. The number of halogens is 1. The molecular weight excluding hydrogens is 298 g/mol. The first kappa shape index (κ1) is 15.3. The Bertz CT molecular complexity index is 630. The highest BCUT2D eigenvalue weighted by Crippen LogP contribution is 2.30. The van der Waals surface area contributed by atoms with E-state index in [1.54, 1.807) is 12.1 Å². The van der Waals surface area contributed by atoms with Crippen LogP contribution in [0, 0.1) is 0 Å². The Kier molecular flexibility index (Phi) is 4.36. The van der Waals surface area contributed by atoms with Crippen molar-refractivity contribution < 1.29 is 8.42 Å². The van der Waals surface area contributed by atoms with E-state index in [4.69, 9.17) is 5.73 Å². The first-order valence-corrected chi connectivity index (χ1v) is 7.98. The van der Waals surface area contributed by atoms with Crippen LogP contribution in [0.3, 0.4) is 0 Å². The first-order chi connectivity index (χ1) is 9.13. The van der Waals surface area contributed by atoms with Crippen molar-refractivity contribution >= 4 is 28.3 Å². The number of piperidine rings is 1. The van der Waals surface area contributed by atoms with Crippen LogP contribution in [0.2, 0.25) is 0 Å². The third-order valence-corrected chi connectivity index (χ3v) is 5.11. The second-order valence-corrected chi connectivity index (χ2v) is 6.54. The third kappa shape index (κ3) is 2.43. The van der Waals surface area contributed by atoms with E-state index in [0.717, 1.165) is 25.8 Å². The van der Waals surface area contributed by atoms with Crippen LogP contribution in [-0.4, -0.2) is 38.3 Å². The summed E-state index contributed by atoms with van der Waals surface area (Å²) in [6.07, 6.45) is 3.19. The molecular formula is C13H18ClN3O2S. The Morgan fingerprint density at radius 3 is 2.80 bits per heavy atom. The molecule has 0 aromatic heterocycles. The number of rotatable bonds is 1. The lowest BCUT2D eigenvalue weighted by Gasteiger charge is -2.36. The van der Waals surface area contributed by atoms with Crippen LogP contribution in [0.25, 0.3) is 0 Å². The van der Waals surface area contributed by atoms with E-state index in [1.165, 1.54) is 0 Å². The summed E-state index contributed by atoms with van der Waals surface area (Å²) in [6.45, 7) is 1.35. The van der Waals surface area contributed by atoms with Gasteiger partial charge in [-0.1, -0.05) is 12.1 Å². The first-order valence-electron chi connectivity index (χ1n) is 6.54. The molecule has 7 heteroatoms. The predicted molar refractivity (Wildman–Crippen MR) is 80.8 cm³/mol. The van der Waals surface area contributed by atoms with Crippen LogP contribution in [0.4, 0.5) is 0 Å². The molecule has 1 saturated heterocycles. The molecule has 3 rings (SSSR count). The van der Waals surface area contributed by atoms with Crippen LogP contribution < -0.4 is 5.73 Å². The molecule has 0 bridgehead atoms. The van der Waals surface area contributed by atoms with E-state index in [-0.39, 0.29) is 18.4 Å². The molecule has 2 N–H and O–H groups in total. The quantitative estimate of drug-likeness (QED) is 0.849. The van der Waals surface area contributed by atoms with Gasteiger partial charge in [0.25, 0.3) is 10.0 Å². The molecule has 0 amide bonds. The summed E-state index contributed by atoms with van der Waals surface area (Å²) < 4.78 is 28.1. The Balaban J connectivity index is 0.00000147. The largest absolute Gasteiger partial charge is 0.351 e. The summed E-state index contributed by atoms with van der Waals surface area (Å²) in [4.78, 5) is 2.37. The highest BCUT2D eigenvalue weighted by atomic mass is 35.5. The summed E-state index contributed by atoms with van der Waals surface area (Å²) >= 11 is 0. The molecule has 1 unspecified atom stereocenters. The molecule has 110 valence electrons. The number of sulfonamides is 1. The van der Waals surface area contributed by atoms with Crippen molar-refractivity contribution in [2.24, 2.45) is 10.1 Å². The molecule has 1 atom stereocenters. The predicted octanol–water partition coefficient (Wildman–Crippen LogP) is 1.37. The van der Waals surface area contributed by atoms with Crippen molar-refractivity contribution in [1.29, 1.82) is 0 Å². The number of amidine groups is 1. The zero-order valence-corrected chi connectivity index (χ0v) is 12.7. The van der Waals surface area contributed by atoms with Crippen molar-refractivity contribution in [3.05, 3.63) is 29.8 Å². The fourth-order valence-corrected chi connectivity index (χ4v) is 4.04. The van der Waals surface area contributed by atoms with Gasteiger partial charge in [0.05, 0.1) is 0 Å². The van der Waals surface area contributed by atoms with Crippen LogP contribution in [0.1, 0.15) is 24.8 Å². The Morgan fingerprint density at radius 1 is 1.30 bits per heavy atom. The van der Waals surface area contributed by atoms with Gasteiger partial charge >= 0.3 is 0 Å². The highest BCUT2D eigenvalue weighted by Gasteiger charge is 2.34. The molecule has 5 nitrogen and oxygen atoms in total. The summed E-state index contributed by atoms with van der Waals surface area (Å²) in [5.74, 6) is 0.575. The maximum Gasteiger partial charge on any atom is 0.285 e. The van der Waals surface area contributed by atoms with Crippen molar-refractivity contribution in [3.8, 4) is 0 Å². The normalized spacial score (nSPS) is 23.8. The zero-order chi connectivity index (χ0) is 13.5. The summed E-state index contributed by atoms with van der Waals surface area (Å²) in [5.41, 5.74) is 6.51. The molecule has 1 aromatic carbocycles. The van der Waals surface area contributed by atoms with Gasteiger partial charge in [0, 0.05) is 24.7 Å². The Hall–Kier alpha value is -1.11. The Morgan fingerprint density at radius 2 is 2.05 bits per heavy atom. The van der Waals surface area contributed by atoms with E-state index in [0.29, 0.717) is 22.8 Å². The van der Waals surface area contributed by atoms with Gasteiger partial charge in [0.2, 0.25) is 0 Å². The zero-order valence-electron chi connectivity index (χ0n) is 11.0. The highest BCUT2D eigenvalue weighted by molar-refractivity contribution is 7.90. The van der Waals surface area contributed by atoms with Crippen LogP contribution >= 0.6 is 12.4 Å². The molecule has 0 spiro atoms. The van der Waals surface area contributed by atoms with Crippen LogP contribution in [-0.2, 0) is 10.0 Å². The van der Waals surface area contributed by atoms with Gasteiger partial charge < -0.3 is 10.6 Å². The summed E-state index contributed by atoms with van der Waals surface area (Å²) in [5, 5.41) is 0. The number of nitrogens with zero attached hydrogens (tertiary/aromatic N) is 2. The van der Waals surface area contributed by atoms with Crippen molar-refractivity contribution in [2.75, 3.05) is 13.1 Å². The van der Waals surface area contributed by atoms with Crippen molar-refractivity contribution in [1.82, 2.24) is 4.90 Å². The minimum atomic E-state index is -3.53. The number of nitrogens with two attached hydrogens (primary N) is 1. The maximum atomic E-state index is 12.1. The van der Waals surface area contributed by atoms with Crippen molar-refractivity contribution in [3.63, 3.8) is 0 Å². The van der Waals surface area contributed by atoms with E-state index in [2.05, 4.69) is 9.30 Å². The van der Waals surface area contributed by atoms with Gasteiger partial charge in [-0.15, -0.1) is 16.8 Å². The monoisotopic (exact) mass is 315 g/mol. The lowest BCUT2D eigenvalue weighted by molar-refractivity contribution is 0.248. The minimum absolute atomic E-state index is 0. The van der Waals surface area contributed by atoms with E-state index in [1.807, 2.05) is 12.1 Å². The molecule has 2 aliphatic heterocycles. The number of hydrogen-bond acceptors (Lipinski definition) is 4. The SMILES string of the molecule is Cl.NCC1CCCCN1C1=NS(=O)(=O)c2ccccc21. The number of fused-ring (bicyclic) bond motifs is 1. The van der Waals surface area contributed by atoms with E-state index >= 15 is 0 Å². The molecule has 1 aromatic rings. The number of likely N-dealkylation sites (tertiary alicyclic amines) is 1. The average Bonchev–Trinajstić information content (AvgIpc) is 2.71. The van der Waals surface area contributed by atoms with E-state index < -0.39 is 10.0 Å². The average molecular weight is 316 g/mol. The molecule has 0 saturated carbocycles. The van der Waals surface area contributed by atoms with Gasteiger partial charge in [-0.2, -0.15) is 8.42 Å². The molecule has 1 fully saturated rings. The van der Waals surface area contributed by atoms with Gasteiger partial charge in [0.1, 0.15) is 4.90 Å². The fourth-order valence-electron chi connectivity index (χ4n) is 2.82. The third-order valence-electron chi connectivity index (χ3n) is 3.78. The van der Waals surface area contributed by atoms with Crippen molar-refractivity contribution in [2.45, 2.75) is 30.2 Å². The van der Waals surface area contributed by atoms with Gasteiger partial charge in [-0.05, 0) is 31.4 Å². The second kappa shape index (κ2) is 5.71. The molecule has 0 radical (unpaired) electrons. The maximum absolute atomic E-state index is 12.1. The number of hydrogen-bond donors (Lipinski definition) is 1. The van der Waals surface area contributed by atoms with Crippen LogP contribution in [0.5, 0.6) is 0 Å². The second-order valence-electron chi connectivity index (χ2n) is 4.96. The minimum Gasteiger partial charge on any atom is -0.351 e. The topological polar surface area (TPSA) is 75.8 Å². The van der Waals surface area contributed by atoms with Gasteiger partial charge in [-0.25, -0.2) is 0 Å². The fraction of sp³-hybridized carbons (Fsp3) is 0.462. The van der Waals surface area contributed by atoms with Gasteiger partial charge in [-0.3, -0.25) is 0 Å².